The SMILES string of the molecule is CCOC(=O)C(C)Cn1cc(Br)c([N+](=O)[O-])n1. The minimum absolute atomic E-state index is 0.241. The number of aromatic nitrogens is 2. The van der Waals surface area contributed by atoms with E-state index in [1.807, 2.05) is 0 Å². The quantitative estimate of drug-likeness (QED) is 0.470. The van der Waals surface area contributed by atoms with Gasteiger partial charge in [-0.3, -0.25) is 4.79 Å². The Morgan fingerprint density at radius 3 is 2.88 bits per heavy atom. The van der Waals surface area contributed by atoms with Gasteiger partial charge in [0.25, 0.3) is 0 Å². The first kappa shape index (κ1) is 13.6. The number of rotatable bonds is 5. The molecule has 0 saturated carbocycles. The van der Waals surface area contributed by atoms with Gasteiger partial charge in [-0.2, -0.15) is 4.68 Å². The lowest BCUT2D eigenvalue weighted by molar-refractivity contribution is -0.390. The van der Waals surface area contributed by atoms with Gasteiger partial charge in [-0.15, -0.1) is 0 Å². The third-order valence-corrected chi connectivity index (χ3v) is 2.58. The van der Waals surface area contributed by atoms with Crippen LogP contribution in [0.4, 0.5) is 5.82 Å². The summed E-state index contributed by atoms with van der Waals surface area (Å²) in [4.78, 5) is 21.3. The van der Waals surface area contributed by atoms with E-state index < -0.39 is 10.8 Å². The number of ether oxygens (including phenoxy) is 1. The maximum absolute atomic E-state index is 11.4. The minimum Gasteiger partial charge on any atom is -0.466 e. The van der Waals surface area contributed by atoms with Gasteiger partial charge in [0, 0.05) is 0 Å². The Kier molecular flexibility index (Phi) is 4.62. The number of nitro groups is 1. The molecular formula is C9H12BrN3O4. The topological polar surface area (TPSA) is 87.3 Å². The van der Waals surface area contributed by atoms with Crippen molar-refractivity contribution in [1.82, 2.24) is 9.78 Å². The van der Waals surface area contributed by atoms with E-state index in [4.69, 9.17) is 4.74 Å². The van der Waals surface area contributed by atoms with Gasteiger partial charge in [0.2, 0.25) is 0 Å². The molecule has 0 aliphatic carbocycles. The fourth-order valence-corrected chi connectivity index (χ4v) is 1.70. The van der Waals surface area contributed by atoms with Gasteiger partial charge < -0.3 is 14.9 Å². The molecule has 0 amide bonds. The third kappa shape index (κ3) is 3.52. The Hall–Kier alpha value is -1.44. The molecular weight excluding hydrogens is 294 g/mol. The second-order valence-corrected chi connectivity index (χ2v) is 4.29. The molecule has 0 fully saturated rings. The first-order valence-electron chi connectivity index (χ1n) is 4.99. The molecule has 1 aromatic heterocycles. The predicted octanol–water partition coefficient (Wildman–Crippen LogP) is 1.75. The highest BCUT2D eigenvalue weighted by Crippen LogP contribution is 2.22. The lowest BCUT2D eigenvalue weighted by Crippen LogP contribution is -2.20. The highest BCUT2D eigenvalue weighted by molar-refractivity contribution is 9.10. The summed E-state index contributed by atoms with van der Waals surface area (Å²) in [6.07, 6.45) is 1.47. The molecule has 0 radical (unpaired) electrons. The monoisotopic (exact) mass is 305 g/mol. The average molecular weight is 306 g/mol. The molecule has 0 aliphatic heterocycles. The number of carbonyl (C=O) groups excluding carboxylic acids is 1. The van der Waals surface area contributed by atoms with Crippen molar-refractivity contribution in [2.75, 3.05) is 6.61 Å². The molecule has 1 atom stereocenters. The van der Waals surface area contributed by atoms with Gasteiger partial charge in [0.05, 0.1) is 30.4 Å². The fourth-order valence-electron chi connectivity index (χ4n) is 1.24. The molecule has 0 aromatic carbocycles. The van der Waals surface area contributed by atoms with Crippen molar-refractivity contribution in [1.29, 1.82) is 0 Å². The molecule has 0 aliphatic rings. The van der Waals surface area contributed by atoms with Crippen molar-refractivity contribution < 1.29 is 14.5 Å². The van der Waals surface area contributed by atoms with Crippen molar-refractivity contribution in [3.63, 3.8) is 0 Å². The highest BCUT2D eigenvalue weighted by atomic mass is 79.9. The molecule has 0 bridgehead atoms. The van der Waals surface area contributed by atoms with Crippen LogP contribution in [-0.2, 0) is 16.1 Å². The van der Waals surface area contributed by atoms with Crippen molar-refractivity contribution in [2.24, 2.45) is 5.92 Å². The highest BCUT2D eigenvalue weighted by Gasteiger charge is 2.22. The first-order valence-corrected chi connectivity index (χ1v) is 5.79. The Morgan fingerprint density at radius 1 is 1.76 bits per heavy atom. The van der Waals surface area contributed by atoms with E-state index in [0.29, 0.717) is 11.1 Å². The van der Waals surface area contributed by atoms with Crippen LogP contribution in [0.25, 0.3) is 0 Å². The molecule has 0 saturated heterocycles. The second-order valence-electron chi connectivity index (χ2n) is 3.43. The van der Waals surface area contributed by atoms with E-state index in [9.17, 15) is 14.9 Å². The van der Waals surface area contributed by atoms with E-state index in [-0.39, 0.29) is 18.3 Å². The van der Waals surface area contributed by atoms with E-state index in [1.54, 1.807) is 13.8 Å². The summed E-state index contributed by atoms with van der Waals surface area (Å²) >= 11 is 3.03. The zero-order chi connectivity index (χ0) is 13.0. The van der Waals surface area contributed by atoms with Gasteiger partial charge in [-0.05, 0) is 27.8 Å². The Labute approximate surface area is 106 Å². The Morgan fingerprint density at radius 2 is 2.41 bits per heavy atom. The normalized spacial score (nSPS) is 12.2. The number of hydrogen-bond acceptors (Lipinski definition) is 5. The fraction of sp³-hybridized carbons (Fsp3) is 0.556. The van der Waals surface area contributed by atoms with Crippen LogP contribution in [0.1, 0.15) is 13.8 Å². The molecule has 0 spiro atoms. The van der Waals surface area contributed by atoms with Crippen LogP contribution in [0.2, 0.25) is 0 Å². The summed E-state index contributed by atoms with van der Waals surface area (Å²) in [7, 11) is 0. The molecule has 17 heavy (non-hydrogen) atoms. The number of carbonyl (C=O) groups is 1. The lowest BCUT2D eigenvalue weighted by Gasteiger charge is -2.07. The van der Waals surface area contributed by atoms with E-state index >= 15 is 0 Å². The van der Waals surface area contributed by atoms with Crippen LogP contribution in [0.5, 0.6) is 0 Å². The largest absolute Gasteiger partial charge is 0.466 e. The molecule has 0 N–H and O–H groups in total. The van der Waals surface area contributed by atoms with Crippen molar-refractivity contribution in [2.45, 2.75) is 20.4 Å². The van der Waals surface area contributed by atoms with Crippen LogP contribution >= 0.6 is 15.9 Å². The number of esters is 1. The Bertz CT molecular complexity index is 432. The van der Waals surface area contributed by atoms with Gasteiger partial charge in [0.1, 0.15) is 4.47 Å². The van der Waals surface area contributed by atoms with Crippen molar-refractivity contribution >= 4 is 27.7 Å². The summed E-state index contributed by atoms with van der Waals surface area (Å²) in [6.45, 7) is 3.96. The summed E-state index contributed by atoms with van der Waals surface area (Å²) in [5, 5.41) is 14.3. The smallest absolute Gasteiger partial charge is 0.404 e. The molecule has 1 rings (SSSR count). The minimum atomic E-state index is -0.588. The van der Waals surface area contributed by atoms with E-state index in [0.717, 1.165) is 0 Å². The van der Waals surface area contributed by atoms with Crippen LogP contribution in [0, 0.1) is 16.0 Å². The van der Waals surface area contributed by atoms with Crippen LogP contribution in [-0.4, -0.2) is 27.3 Å². The zero-order valence-corrected chi connectivity index (χ0v) is 11.0. The average Bonchev–Trinajstić information content (AvgIpc) is 2.59. The molecule has 1 unspecified atom stereocenters. The van der Waals surface area contributed by atoms with Gasteiger partial charge in [-0.25, -0.2) is 0 Å². The number of hydrogen-bond donors (Lipinski definition) is 0. The number of halogens is 1. The van der Waals surface area contributed by atoms with Crippen LogP contribution in [0.15, 0.2) is 10.7 Å². The number of nitrogens with zero attached hydrogens (tertiary/aromatic N) is 3. The lowest BCUT2D eigenvalue weighted by atomic mass is 10.2. The van der Waals surface area contributed by atoms with Crippen molar-refractivity contribution in [3.05, 3.63) is 20.8 Å². The Balaban J connectivity index is 2.72. The first-order chi connectivity index (χ1) is 7.95. The summed E-state index contributed by atoms with van der Waals surface area (Å²) in [5.41, 5.74) is 0. The standard InChI is InChI=1S/C9H12BrN3O4/c1-3-17-9(14)6(2)4-12-5-7(10)8(11-12)13(15)16/h5-6H,3-4H2,1-2H3. The molecule has 1 heterocycles. The van der Waals surface area contributed by atoms with E-state index in [2.05, 4.69) is 21.0 Å². The second kappa shape index (κ2) is 5.76. The summed E-state index contributed by atoms with van der Waals surface area (Å²) in [5.74, 6) is -1.01. The molecule has 94 valence electrons. The van der Waals surface area contributed by atoms with E-state index in [1.165, 1.54) is 10.9 Å². The molecule has 1 aromatic rings. The van der Waals surface area contributed by atoms with Crippen LogP contribution in [0.3, 0.4) is 0 Å². The summed E-state index contributed by atoms with van der Waals surface area (Å²) < 4.78 is 6.48. The predicted molar refractivity (Wildman–Crippen MR) is 62.4 cm³/mol. The zero-order valence-electron chi connectivity index (χ0n) is 9.42. The maximum Gasteiger partial charge on any atom is 0.404 e. The van der Waals surface area contributed by atoms with Gasteiger partial charge in [-0.1, -0.05) is 6.92 Å². The van der Waals surface area contributed by atoms with Gasteiger partial charge in [0.15, 0.2) is 0 Å². The maximum atomic E-state index is 11.4. The van der Waals surface area contributed by atoms with Crippen LogP contribution < -0.4 is 0 Å². The molecule has 7 nitrogen and oxygen atoms in total. The third-order valence-electron chi connectivity index (χ3n) is 2.02. The summed E-state index contributed by atoms with van der Waals surface area (Å²) in [6, 6.07) is 0. The van der Waals surface area contributed by atoms with Crippen molar-refractivity contribution in [3.8, 4) is 0 Å². The van der Waals surface area contributed by atoms with Gasteiger partial charge >= 0.3 is 11.8 Å². The molecule has 8 heteroatoms.